The number of hydrogen-bond donors (Lipinski definition) is 0. The van der Waals surface area contributed by atoms with E-state index in [4.69, 9.17) is 0 Å². The lowest BCUT2D eigenvalue weighted by Crippen LogP contribution is -2.44. The molecule has 0 amide bonds. The third-order valence-corrected chi connectivity index (χ3v) is 4.50. The summed E-state index contributed by atoms with van der Waals surface area (Å²) < 4.78 is 0. The van der Waals surface area contributed by atoms with Crippen LogP contribution in [-0.4, -0.2) is 23.5 Å². The molecule has 0 radical (unpaired) electrons. The van der Waals surface area contributed by atoms with Crippen LogP contribution in [0, 0.1) is 17.3 Å². The third kappa shape index (κ3) is 1.39. The van der Waals surface area contributed by atoms with Gasteiger partial charge in [0.2, 0.25) is 0 Å². The molecule has 0 spiro atoms. The predicted molar refractivity (Wildman–Crippen MR) is 63.7 cm³/mol. The summed E-state index contributed by atoms with van der Waals surface area (Å²) in [7, 11) is 0. The summed E-state index contributed by atoms with van der Waals surface area (Å²) in [6.45, 7) is 13.9. The van der Waals surface area contributed by atoms with Crippen LogP contribution in [0.15, 0.2) is 12.2 Å². The summed E-state index contributed by atoms with van der Waals surface area (Å²) in [5.74, 6) is 2.05. The molecule has 3 atom stereocenters. The van der Waals surface area contributed by atoms with Gasteiger partial charge in [0.05, 0.1) is 0 Å². The maximum absolute atomic E-state index is 4.22. The third-order valence-electron chi connectivity index (χ3n) is 4.50. The van der Waals surface area contributed by atoms with Crippen molar-refractivity contribution in [2.24, 2.45) is 17.3 Å². The minimum Gasteiger partial charge on any atom is -0.293 e. The number of fused-ring (bicyclic) bond motifs is 3. The van der Waals surface area contributed by atoms with Gasteiger partial charge in [-0.2, -0.15) is 0 Å². The van der Waals surface area contributed by atoms with E-state index in [0.29, 0.717) is 11.0 Å². The van der Waals surface area contributed by atoms with Crippen LogP contribution in [0.5, 0.6) is 0 Å². The number of nitrogens with zero attached hydrogens (tertiary/aromatic N) is 1. The van der Waals surface area contributed by atoms with Gasteiger partial charge >= 0.3 is 0 Å². The standard InChI is InChI=1S/C14H23N/c1-10-6-14(9-13(2,3)4)12-5-11(12)8-15(14)7-10/h11-12H,1,5-9H2,2-4H3/t11-,12-,14?/m0/s1. The van der Waals surface area contributed by atoms with Crippen molar-refractivity contribution in [3.8, 4) is 0 Å². The van der Waals surface area contributed by atoms with Crippen molar-refractivity contribution in [1.29, 1.82) is 0 Å². The summed E-state index contributed by atoms with van der Waals surface area (Å²) >= 11 is 0. The smallest absolute Gasteiger partial charge is 0.0286 e. The van der Waals surface area contributed by atoms with Crippen molar-refractivity contribution < 1.29 is 0 Å². The zero-order chi connectivity index (χ0) is 10.8. The van der Waals surface area contributed by atoms with E-state index >= 15 is 0 Å². The minimum absolute atomic E-state index is 0.459. The Bertz CT molecular complexity index is 312. The van der Waals surface area contributed by atoms with E-state index in [2.05, 4.69) is 32.3 Å². The van der Waals surface area contributed by atoms with Gasteiger partial charge in [0.1, 0.15) is 0 Å². The molecule has 3 fully saturated rings. The van der Waals surface area contributed by atoms with E-state index in [0.717, 1.165) is 11.8 Å². The van der Waals surface area contributed by atoms with Gasteiger partial charge in [-0.1, -0.05) is 32.9 Å². The molecule has 1 saturated carbocycles. The van der Waals surface area contributed by atoms with Crippen LogP contribution in [0.3, 0.4) is 0 Å². The van der Waals surface area contributed by atoms with Crippen molar-refractivity contribution in [1.82, 2.24) is 4.90 Å². The first kappa shape index (κ1) is 9.89. The fraction of sp³-hybridized carbons (Fsp3) is 0.857. The molecule has 0 aromatic carbocycles. The fourth-order valence-electron chi connectivity index (χ4n) is 4.25. The molecule has 0 aromatic rings. The van der Waals surface area contributed by atoms with Crippen LogP contribution >= 0.6 is 0 Å². The van der Waals surface area contributed by atoms with Crippen molar-refractivity contribution in [2.45, 2.75) is 45.6 Å². The van der Waals surface area contributed by atoms with Crippen molar-refractivity contribution in [3.05, 3.63) is 12.2 Å². The lowest BCUT2D eigenvalue weighted by atomic mass is 9.75. The van der Waals surface area contributed by atoms with E-state index in [1.165, 1.54) is 37.9 Å². The van der Waals surface area contributed by atoms with Gasteiger partial charge in [0.15, 0.2) is 0 Å². The molecular formula is C14H23N. The average Bonchev–Trinajstić information content (AvgIpc) is 2.64. The minimum atomic E-state index is 0.459. The number of hydrogen-bond acceptors (Lipinski definition) is 1. The molecule has 2 aliphatic heterocycles. The van der Waals surface area contributed by atoms with Crippen LogP contribution < -0.4 is 0 Å². The SMILES string of the molecule is C=C1CN2C[C@@H]3C[C@@H]3C2(CC(C)(C)C)C1. The maximum atomic E-state index is 4.22. The molecule has 84 valence electrons. The highest BCUT2D eigenvalue weighted by Crippen LogP contribution is 2.63. The Morgan fingerprint density at radius 3 is 2.87 bits per heavy atom. The van der Waals surface area contributed by atoms with Crippen LogP contribution in [-0.2, 0) is 0 Å². The molecule has 0 aromatic heterocycles. The molecule has 3 aliphatic rings. The summed E-state index contributed by atoms with van der Waals surface area (Å²) in [6.07, 6.45) is 4.14. The fourth-order valence-corrected chi connectivity index (χ4v) is 4.25. The lowest BCUT2D eigenvalue weighted by Gasteiger charge is -2.39. The second-order valence-electron chi connectivity index (χ2n) is 7.25. The highest BCUT2D eigenvalue weighted by Gasteiger charge is 2.64. The Hall–Kier alpha value is -0.300. The zero-order valence-electron chi connectivity index (χ0n) is 10.3. The van der Waals surface area contributed by atoms with Crippen LogP contribution in [0.1, 0.15) is 40.0 Å². The summed E-state index contributed by atoms with van der Waals surface area (Å²) in [5, 5.41) is 0. The van der Waals surface area contributed by atoms with E-state index in [-0.39, 0.29) is 0 Å². The first-order chi connectivity index (χ1) is 6.91. The second kappa shape index (κ2) is 2.68. The van der Waals surface area contributed by atoms with E-state index < -0.39 is 0 Å². The largest absolute Gasteiger partial charge is 0.293 e. The van der Waals surface area contributed by atoms with Gasteiger partial charge in [0, 0.05) is 18.6 Å². The van der Waals surface area contributed by atoms with Gasteiger partial charge in [-0.15, -0.1) is 0 Å². The highest BCUT2D eigenvalue weighted by atomic mass is 15.3. The van der Waals surface area contributed by atoms with E-state index in [1.54, 1.807) is 0 Å². The summed E-state index contributed by atoms with van der Waals surface area (Å²) in [4.78, 5) is 2.75. The molecular weight excluding hydrogens is 182 g/mol. The van der Waals surface area contributed by atoms with Crippen molar-refractivity contribution >= 4 is 0 Å². The number of piperidine rings is 1. The molecule has 0 bridgehead atoms. The summed E-state index contributed by atoms with van der Waals surface area (Å²) in [5.41, 5.74) is 2.46. The quantitative estimate of drug-likeness (QED) is 0.595. The van der Waals surface area contributed by atoms with Crippen molar-refractivity contribution in [3.63, 3.8) is 0 Å². The summed E-state index contributed by atoms with van der Waals surface area (Å²) in [6, 6.07) is 0. The molecule has 1 nitrogen and oxygen atoms in total. The van der Waals surface area contributed by atoms with Gasteiger partial charge in [-0.05, 0) is 36.5 Å². The maximum Gasteiger partial charge on any atom is 0.0286 e. The van der Waals surface area contributed by atoms with Gasteiger partial charge in [-0.25, -0.2) is 0 Å². The van der Waals surface area contributed by atoms with Crippen LogP contribution in [0.25, 0.3) is 0 Å². The first-order valence-corrected chi connectivity index (χ1v) is 6.32. The molecule has 15 heavy (non-hydrogen) atoms. The molecule has 1 heteroatoms. The highest BCUT2D eigenvalue weighted by molar-refractivity contribution is 5.26. The molecule has 1 unspecified atom stereocenters. The first-order valence-electron chi connectivity index (χ1n) is 6.32. The molecule has 1 aliphatic carbocycles. The Morgan fingerprint density at radius 2 is 2.20 bits per heavy atom. The normalized spacial score (nSPS) is 44.3. The molecule has 0 N–H and O–H groups in total. The molecule has 2 saturated heterocycles. The van der Waals surface area contributed by atoms with Crippen LogP contribution in [0.4, 0.5) is 0 Å². The number of rotatable bonds is 1. The topological polar surface area (TPSA) is 3.24 Å². The monoisotopic (exact) mass is 205 g/mol. The molecule has 3 rings (SSSR count). The van der Waals surface area contributed by atoms with Gasteiger partial charge < -0.3 is 0 Å². The van der Waals surface area contributed by atoms with Gasteiger partial charge in [-0.3, -0.25) is 4.90 Å². The van der Waals surface area contributed by atoms with Gasteiger partial charge in [0.25, 0.3) is 0 Å². The Balaban J connectivity index is 1.89. The van der Waals surface area contributed by atoms with Crippen LogP contribution in [0.2, 0.25) is 0 Å². The second-order valence-corrected chi connectivity index (χ2v) is 7.25. The zero-order valence-corrected chi connectivity index (χ0v) is 10.3. The Labute approximate surface area is 93.5 Å². The predicted octanol–water partition coefficient (Wildman–Crippen LogP) is 3.07. The Kier molecular flexibility index (Phi) is 1.77. The lowest BCUT2D eigenvalue weighted by molar-refractivity contribution is 0.101. The van der Waals surface area contributed by atoms with E-state index in [1.807, 2.05) is 0 Å². The average molecular weight is 205 g/mol. The Morgan fingerprint density at radius 1 is 1.47 bits per heavy atom. The van der Waals surface area contributed by atoms with Crippen molar-refractivity contribution in [2.75, 3.05) is 13.1 Å². The van der Waals surface area contributed by atoms with E-state index in [9.17, 15) is 0 Å². The molecule has 2 heterocycles.